The van der Waals surface area contributed by atoms with Crippen LogP contribution in [0.5, 0.6) is 0 Å². The number of halogens is 4. The molecule has 0 saturated carbocycles. The van der Waals surface area contributed by atoms with Crippen LogP contribution in [-0.4, -0.2) is 0 Å². The molecule has 1 unspecified atom stereocenters. The summed E-state index contributed by atoms with van der Waals surface area (Å²) in [4.78, 5) is 1.79. The molecule has 5 heteroatoms. The van der Waals surface area contributed by atoms with Gasteiger partial charge in [0.1, 0.15) is 5.82 Å². The van der Waals surface area contributed by atoms with Crippen molar-refractivity contribution in [2.45, 2.75) is 19.2 Å². The molecule has 0 amide bonds. The highest BCUT2D eigenvalue weighted by molar-refractivity contribution is 7.12. The van der Waals surface area contributed by atoms with Crippen LogP contribution < -0.4 is 0 Å². The van der Waals surface area contributed by atoms with Gasteiger partial charge in [-0.1, -0.05) is 0 Å². The molecule has 2 aromatic rings. The minimum absolute atomic E-state index is 0.0446. The van der Waals surface area contributed by atoms with Gasteiger partial charge in [0.05, 0.1) is 5.38 Å². The van der Waals surface area contributed by atoms with Crippen LogP contribution >= 0.6 is 22.9 Å². The fourth-order valence-electron chi connectivity index (χ4n) is 1.61. The molecule has 96 valence electrons. The van der Waals surface area contributed by atoms with Crippen LogP contribution in [0.15, 0.2) is 18.2 Å². The van der Waals surface area contributed by atoms with Crippen molar-refractivity contribution >= 4 is 22.9 Å². The minimum Gasteiger partial charge on any atom is -0.207 e. The molecule has 0 nitrogen and oxygen atoms in total. The molecule has 0 radical (unpaired) electrons. The van der Waals surface area contributed by atoms with Crippen LogP contribution in [0, 0.1) is 31.3 Å². The number of hydrogen-bond acceptors (Lipinski definition) is 1. The first-order valence-corrected chi connectivity index (χ1v) is 6.51. The third-order valence-corrected chi connectivity index (χ3v) is 4.56. The summed E-state index contributed by atoms with van der Waals surface area (Å²) in [7, 11) is 0. The number of benzene rings is 1. The lowest BCUT2D eigenvalue weighted by Crippen LogP contribution is -1.98. The van der Waals surface area contributed by atoms with E-state index in [1.165, 1.54) is 11.3 Å². The van der Waals surface area contributed by atoms with E-state index in [2.05, 4.69) is 0 Å². The molecule has 0 bridgehead atoms. The Bertz CT molecular complexity index is 573. The van der Waals surface area contributed by atoms with Gasteiger partial charge in [-0.3, -0.25) is 0 Å². The average molecular weight is 291 g/mol. The molecule has 0 N–H and O–H groups in total. The van der Waals surface area contributed by atoms with E-state index in [1.807, 2.05) is 19.9 Å². The van der Waals surface area contributed by atoms with Crippen LogP contribution in [0.4, 0.5) is 13.2 Å². The number of alkyl halides is 1. The van der Waals surface area contributed by atoms with E-state index in [9.17, 15) is 13.2 Å². The summed E-state index contributed by atoms with van der Waals surface area (Å²) in [6.45, 7) is 3.84. The maximum Gasteiger partial charge on any atom is 0.161 e. The zero-order chi connectivity index (χ0) is 13.4. The highest BCUT2D eigenvalue weighted by Crippen LogP contribution is 2.36. The molecule has 0 saturated heterocycles. The Balaban J connectivity index is 2.45. The Morgan fingerprint density at radius 1 is 1.00 bits per heavy atom. The molecule has 0 spiro atoms. The Hall–Kier alpha value is -1.00. The third-order valence-electron chi connectivity index (χ3n) is 2.75. The van der Waals surface area contributed by atoms with Crippen LogP contribution in [0.2, 0.25) is 0 Å². The maximum atomic E-state index is 13.6. The van der Waals surface area contributed by atoms with Crippen molar-refractivity contribution in [3.8, 4) is 0 Å². The number of hydrogen-bond donors (Lipinski definition) is 0. The molecule has 0 fully saturated rings. The van der Waals surface area contributed by atoms with Gasteiger partial charge in [0.15, 0.2) is 11.6 Å². The number of aryl methyl sites for hydroxylation is 2. The van der Waals surface area contributed by atoms with Crippen molar-refractivity contribution in [2.75, 3.05) is 0 Å². The highest BCUT2D eigenvalue weighted by Gasteiger charge is 2.20. The van der Waals surface area contributed by atoms with Crippen molar-refractivity contribution in [3.05, 3.63) is 56.5 Å². The SMILES string of the molecule is Cc1cc(C(Cl)c2cc(F)c(F)cc2F)sc1C. The topological polar surface area (TPSA) is 0 Å². The van der Waals surface area contributed by atoms with Crippen molar-refractivity contribution in [2.24, 2.45) is 0 Å². The quantitative estimate of drug-likeness (QED) is 0.532. The molecule has 1 heterocycles. The van der Waals surface area contributed by atoms with Crippen molar-refractivity contribution in [1.29, 1.82) is 0 Å². The Kier molecular flexibility index (Phi) is 3.69. The molecule has 0 aliphatic heterocycles. The molecule has 0 aliphatic carbocycles. The smallest absolute Gasteiger partial charge is 0.161 e. The van der Waals surface area contributed by atoms with Gasteiger partial charge in [0, 0.05) is 21.4 Å². The van der Waals surface area contributed by atoms with Crippen molar-refractivity contribution in [3.63, 3.8) is 0 Å². The van der Waals surface area contributed by atoms with Gasteiger partial charge in [-0.05, 0) is 31.5 Å². The normalized spacial score (nSPS) is 12.8. The van der Waals surface area contributed by atoms with Crippen LogP contribution in [-0.2, 0) is 0 Å². The summed E-state index contributed by atoms with van der Waals surface area (Å²) in [6.07, 6.45) is 0. The zero-order valence-corrected chi connectivity index (χ0v) is 11.3. The summed E-state index contributed by atoms with van der Waals surface area (Å²) < 4.78 is 39.5. The standard InChI is InChI=1S/C13H10ClF3S/c1-6-3-12(18-7(6)2)13(14)8-4-10(16)11(17)5-9(8)15/h3-5,13H,1-2H3. The third kappa shape index (κ3) is 2.40. The highest BCUT2D eigenvalue weighted by atomic mass is 35.5. The summed E-state index contributed by atoms with van der Waals surface area (Å²) in [5, 5.41) is -0.808. The van der Waals surface area contributed by atoms with Gasteiger partial charge in [-0.25, -0.2) is 13.2 Å². The van der Waals surface area contributed by atoms with Gasteiger partial charge in [-0.15, -0.1) is 22.9 Å². The lowest BCUT2D eigenvalue weighted by molar-refractivity contribution is 0.490. The predicted molar refractivity (Wildman–Crippen MR) is 67.8 cm³/mol. The summed E-state index contributed by atoms with van der Waals surface area (Å²) in [5.41, 5.74) is 1.00. The second-order valence-electron chi connectivity index (χ2n) is 4.04. The van der Waals surface area contributed by atoms with Gasteiger partial charge in [0.25, 0.3) is 0 Å². The van der Waals surface area contributed by atoms with Gasteiger partial charge in [-0.2, -0.15) is 0 Å². The molecular formula is C13H10ClF3S. The van der Waals surface area contributed by atoms with E-state index < -0.39 is 22.8 Å². The summed E-state index contributed by atoms with van der Waals surface area (Å²) in [6, 6.07) is 3.17. The van der Waals surface area contributed by atoms with Crippen LogP contribution in [0.3, 0.4) is 0 Å². The number of rotatable bonds is 2. The Labute approximate surface area is 112 Å². The molecular weight excluding hydrogens is 281 g/mol. The first kappa shape index (κ1) is 13.4. The Morgan fingerprint density at radius 3 is 2.17 bits per heavy atom. The first-order valence-electron chi connectivity index (χ1n) is 5.25. The van der Waals surface area contributed by atoms with Crippen molar-refractivity contribution in [1.82, 2.24) is 0 Å². The fraction of sp³-hybridized carbons (Fsp3) is 0.231. The molecule has 0 aliphatic rings. The predicted octanol–water partition coefficient (Wildman–Crippen LogP) is 5.11. The van der Waals surface area contributed by atoms with Crippen LogP contribution in [0.25, 0.3) is 0 Å². The molecule has 1 atom stereocenters. The summed E-state index contributed by atoms with van der Waals surface area (Å²) in [5.74, 6) is -3.14. The van der Waals surface area contributed by atoms with Gasteiger partial charge in [0.2, 0.25) is 0 Å². The van der Waals surface area contributed by atoms with E-state index in [1.54, 1.807) is 0 Å². The molecule has 1 aromatic heterocycles. The zero-order valence-electron chi connectivity index (χ0n) is 9.73. The molecule has 1 aromatic carbocycles. The second kappa shape index (κ2) is 4.94. The van der Waals surface area contributed by atoms with E-state index >= 15 is 0 Å². The fourth-order valence-corrected chi connectivity index (χ4v) is 3.02. The monoisotopic (exact) mass is 290 g/mol. The van der Waals surface area contributed by atoms with E-state index in [0.29, 0.717) is 6.07 Å². The lowest BCUT2D eigenvalue weighted by Gasteiger charge is -2.09. The summed E-state index contributed by atoms with van der Waals surface area (Å²) >= 11 is 7.55. The maximum absolute atomic E-state index is 13.6. The van der Waals surface area contributed by atoms with E-state index in [-0.39, 0.29) is 5.56 Å². The lowest BCUT2D eigenvalue weighted by atomic mass is 10.1. The average Bonchev–Trinajstić information content (AvgIpc) is 2.63. The first-order chi connectivity index (χ1) is 8.40. The largest absolute Gasteiger partial charge is 0.207 e. The minimum atomic E-state index is -1.21. The molecule has 2 rings (SSSR count). The van der Waals surface area contributed by atoms with Gasteiger partial charge < -0.3 is 0 Å². The molecule has 18 heavy (non-hydrogen) atoms. The van der Waals surface area contributed by atoms with Gasteiger partial charge >= 0.3 is 0 Å². The van der Waals surface area contributed by atoms with E-state index in [0.717, 1.165) is 21.4 Å². The second-order valence-corrected chi connectivity index (χ2v) is 5.76. The van der Waals surface area contributed by atoms with E-state index in [4.69, 9.17) is 11.6 Å². The van der Waals surface area contributed by atoms with Crippen molar-refractivity contribution < 1.29 is 13.2 Å². The Morgan fingerprint density at radius 2 is 1.61 bits per heavy atom. The van der Waals surface area contributed by atoms with Crippen LogP contribution in [0.1, 0.15) is 26.3 Å². The number of thiophene rings is 1.